The minimum atomic E-state index is -4.44. The second-order valence-corrected chi connectivity index (χ2v) is 7.28. The van der Waals surface area contributed by atoms with Gasteiger partial charge in [-0.25, -0.2) is 9.78 Å². The second kappa shape index (κ2) is 8.25. The molecule has 4 rings (SSSR count). The third kappa shape index (κ3) is 4.76. The van der Waals surface area contributed by atoms with Gasteiger partial charge in [-0.05, 0) is 29.8 Å². The first-order chi connectivity index (χ1) is 14.8. The minimum absolute atomic E-state index is 0.0791. The van der Waals surface area contributed by atoms with Crippen LogP contribution in [-0.2, 0) is 25.6 Å². The van der Waals surface area contributed by atoms with Gasteiger partial charge in [0.25, 0.3) is 5.56 Å². The number of H-pyrrole nitrogens is 1. The highest BCUT2D eigenvalue weighted by Crippen LogP contribution is 2.30. The van der Waals surface area contributed by atoms with E-state index in [1.54, 1.807) is 0 Å². The van der Waals surface area contributed by atoms with Crippen LogP contribution in [0.2, 0.25) is 0 Å². The molecule has 0 bridgehead atoms. The van der Waals surface area contributed by atoms with Crippen LogP contribution in [-0.4, -0.2) is 27.4 Å². The van der Waals surface area contributed by atoms with E-state index in [0.29, 0.717) is 36.5 Å². The second-order valence-electron chi connectivity index (χ2n) is 7.28. The highest BCUT2D eigenvalue weighted by atomic mass is 19.4. The molecule has 0 saturated heterocycles. The molecule has 0 fully saturated rings. The van der Waals surface area contributed by atoms with E-state index < -0.39 is 17.8 Å². The van der Waals surface area contributed by atoms with E-state index in [1.165, 1.54) is 17.0 Å². The molecule has 0 atom stereocenters. The Bertz CT molecular complexity index is 1140. The molecule has 160 valence electrons. The van der Waals surface area contributed by atoms with Gasteiger partial charge in [0.15, 0.2) is 0 Å². The Morgan fingerprint density at radius 1 is 1.10 bits per heavy atom. The number of alkyl halides is 3. The lowest BCUT2D eigenvalue weighted by molar-refractivity contribution is -0.137. The van der Waals surface area contributed by atoms with Crippen LogP contribution in [0.15, 0.2) is 59.4 Å². The van der Waals surface area contributed by atoms with Gasteiger partial charge in [-0.2, -0.15) is 13.2 Å². The maximum atomic E-state index is 12.7. The van der Waals surface area contributed by atoms with Gasteiger partial charge in [0.05, 0.1) is 23.4 Å². The molecule has 0 aliphatic carbocycles. The summed E-state index contributed by atoms with van der Waals surface area (Å²) in [6, 6.07) is 13.4. The number of benzene rings is 2. The first-order valence-corrected chi connectivity index (χ1v) is 9.67. The SMILES string of the molecule is O=C(Nc1ccc(C(F)(F)F)cc1)N1CCc2nc(Cc3ccccc3)[nH]c(=O)c2C1. The van der Waals surface area contributed by atoms with Gasteiger partial charge in [0.1, 0.15) is 5.82 Å². The molecule has 2 aromatic carbocycles. The molecule has 1 aromatic heterocycles. The Balaban J connectivity index is 1.45. The number of hydrogen-bond donors (Lipinski definition) is 2. The van der Waals surface area contributed by atoms with Crippen molar-refractivity contribution in [3.8, 4) is 0 Å². The Kier molecular flexibility index (Phi) is 5.50. The summed E-state index contributed by atoms with van der Waals surface area (Å²) in [6.45, 7) is 0.427. The number of amides is 2. The number of urea groups is 1. The molecular weight excluding hydrogens is 409 g/mol. The van der Waals surface area contributed by atoms with Crippen molar-refractivity contribution >= 4 is 11.7 Å². The topological polar surface area (TPSA) is 78.1 Å². The molecule has 2 heterocycles. The zero-order valence-electron chi connectivity index (χ0n) is 16.4. The fraction of sp³-hybridized carbons (Fsp3) is 0.227. The smallest absolute Gasteiger partial charge is 0.320 e. The van der Waals surface area contributed by atoms with Gasteiger partial charge < -0.3 is 15.2 Å². The zero-order valence-corrected chi connectivity index (χ0v) is 16.4. The lowest BCUT2D eigenvalue weighted by Gasteiger charge is -2.28. The van der Waals surface area contributed by atoms with Crippen LogP contribution >= 0.6 is 0 Å². The van der Waals surface area contributed by atoms with Gasteiger partial charge in [-0.15, -0.1) is 0 Å². The Labute approximate surface area is 175 Å². The van der Waals surface area contributed by atoms with Crippen molar-refractivity contribution < 1.29 is 18.0 Å². The summed E-state index contributed by atoms with van der Waals surface area (Å²) >= 11 is 0. The third-order valence-electron chi connectivity index (χ3n) is 5.08. The summed E-state index contributed by atoms with van der Waals surface area (Å²) in [7, 11) is 0. The monoisotopic (exact) mass is 428 g/mol. The molecule has 9 heteroatoms. The van der Waals surface area contributed by atoms with Crippen molar-refractivity contribution in [2.45, 2.75) is 25.6 Å². The number of carbonyl (C=O) groups is 1. The molecule has 1 aliphatic heterocycles. The third-order valence-corrected chi connectivity index (χ3v) is 5.08. The van der Waals surface area contributed by atoms with Gasteiger partial charge in [-0.3, -0.25) is 4.79 Å². The maximum absolute atomic E-state index is 12.7. The Morgan fingerprint density at radius 3 is 2.48 bits per heavy atom. The molecule has 0 saturated carbocycles. The van der Waals surface area contributed by atoms with E-state index in [4.69, 9.17) is 0 Å². The number of nitrogens with zero attached hydrogens (tertiary/aromatic N) is 2. The molecule has 31 heavy (non-hydrogen) atoms. The number of fused-ring (bicyclic) bond motifs is 1. The average molecular weight is 428 g/mol. The normalized spacial score (nSPS) is 13.6. The minimum Gasteiger partial charge on any atom is -0.320 e. The summed E-state index contributed by atoms with van der Waals surface area (Å²) in [6.07, 6.45) is -3.52. The van der Waals surface area contributed by atoms with E-state index in [2.05, 4.69) is 15.3 Å². The Morgan fingerprint density at radius 2 is 1.81 bits per heavy atom. The molecular formula is C22H19F3N4O2. The fourth-order valence-corrected chi connectivity index (χ4v) is 3.47. The largest absolute Gasteiger partial charge is 0.416 e. The summed E-state index contributed by atoms with van der Waals surface area (Å²) < 4.78 is 38.0. The van der Waals surface area contributed by atoms with Gasteiger partial charge in [-0.1, -0.05) is 30.3 Å². The molecule has 0 radical (unpaired) electrons. The van der Waals surface area contributed by atoms with Crippen molar-refractivity contribution in [3.63, 3.8) is 0 Å². The summed E-state index contributed by atoms with van der Waals surface area (Å²) in [5.41, 5.74) is 1.27. The highest BCUT2D eigenvalue weighted by molar-refractivity contribution is 5.89. The number of aromatic nitrogens is 2. The molecule has 1 aliphatic rings. The van der Waals surface area contributed by atoms with E-state index in [0.717, 1.165) is 17.7 Å². The molecule has 0 spiro atoms. The number of aromatic amines is 1. The van der Waals surface area contributed by atoms with Gasteiger partial charge >= 0.3 is 12.2 Å². The van der Waals surface area contributed by atoms with Gasteiger partial charge in [0.2, 0.25) is 0 Å². The number of anilines is 1. The van der Waals surface area contributed by atoms with Crippen molar-refractivity contribution in [2.24, 2.45) is 0 Å². The van der Waals surface area contributed by atoms with E-state index in [9.17, 15) is 22.8 Å². The van der Waals surface area contributed by atoms with Crippen molar-refractivity contribution in [1.29, 1.82) is 0 Å². The summed E-state index contributed by atoms with van der Waals surface area (Å²) in [5.74, 6) is 0.567. The number of carbonyl (C=O) groups excluding carboxylic acids is 1. The predicted octanol–water partition coefficient (Wildman–Crippen LogP) is 3.97. The highest BCUT2D eigenvalue weighted by Gasteiger charge is 2.30. The van der Waals surface area contributed by atoms with Crippen LogP contribution < -0.4 is 10.9 Å². The quantitative estimate of drug-likeness (QED) is 0.663. The van der Waals surface area contributed by atoms with Crippen LogP contribution in [0.25, 0.3) is 0 Å². The van der Waals surface area contributed by atoms with Crippen molar-refractivity contribution in [3.05, 3.63) is 93.2 Å². The Hall–Kier alpha value is -3.62. The molecule has 0 unspecified atom stereocenters. The van der Waals surface area contributed by atoms with E-state index in [-0.39, 0.29) is 17.8 Å². The van der Waals surface area contributed by atoms with Crippen molar-refractivity contribution in [1.82, 2.24) is 14.9 Å². The van der Waals surface area contributed by atoms with Gasteiger partial charge in [0, 0.05) is 25.1 Å². The molecule has 6 nitrogen and oxygen atoms in total. The van der Waals surface area contributed by atoms with Crippen LogP contribution in [0.1, 0.15) is 28.2 Å². The molecule has 2 amide bonds. The van der Waals surface area contributed by atoms with Crippen LogP contribution in [0, 0.1) is 0 Å². The predicted molar refractivity (Wildman–Crippen MR) is 109 cm³/mol. The van der Waals surface area contributed by atoms with Crippen LogP contribution in [0.5, 0.6) is 0 Å². The number of hydrogen-bond acceptors (Lipinski definition) is 3. The van der Waals surface area contributed by atoms with Crippen LogP contribution in [0.3, 0.4) is 0 Å². The standard InChI is InChI=1S/C22H19F3N4O2/c23-22(24,25)15-6-8-16(9-7-15)26-21(31)29-11-10-18-17(13-29)20(30)28-19(27-18)12-14-4-2-1-3-5-14/h1-9H,10-13H2,(H,26,31)(H,27,28,30). The van der Waals surface area contributed by atoms with E-state index in [1.807, 2.05) is 30.3 Å². The lowest BCUT2D eigenvalue weighted by atomic mass is 10.1. The van der Waals surface area contributed by atoms with Crippen molar-refractivity contribution in [2.75, 3.05) is 11.9 Å². The number of halogens is 3. The first-order valence-electron chi connectivity index (χ1n) is 9.67. The molecule has 3 aromatic rings. The number of nitrogens with one attached hydrogen (secondary N) is 2. The van der Waals surface area contributed by atoms with E-state index >= 15 is 0 Å². The summed E-state index contributed by atoms with van der Waals surface area (Å²) in [4.78, 5) is 33.9. The first kappa shape index (κ1) is 20.6. The molecule has 2 N–H and O–H groups in total. The average Bonchev–Trinajstić information content (AvgIpc) is 2.74. The fourth-order valence-electron chi connectivity index (χ4n) is 3.47. The maximum Gasteiger partial charge on any atom is 0.416 e. The van der Waals surface area contributed by atoms with Crippen LogP contribution in [0.4, 0.5) is 23.7 Å². The lowest BCUT2D eigenvalue weighted by Crippen LogP contribution is -2.42. The number of rotatable bonds is 3. The summed E-state index contributed by atoms with van der Waals surface area (Å²) in [5, 5.41) is 2.57. The zero-order chi connectivity index (χ0) is 22.0.